The van der Waals surface area contributed by atoms with Crippen LogP contribution in [0.1, 0.15) is 33.6 Å². The van der Waals surface area contributed by atoms with E-state index in [0.29, 0.717) is 0 Å². The molecule has 21 heavy (non-hydrogen) atoms. The summed E-state index contributed by atoms with van der Waals surface area (Å²) < 4.78 is 5.22. The zero-order valence-corrected chi connectivity index (χ0v) is 12.5. The number of hydrogen-bond donors (Lipinski definition) is 2. The van der Waals surface area contributed by atoms with Gasteiger partial charge in [-0.1, -0.05) is 12.0 Å². The van der Waals surface area contributed by atoms with Gasteiger partial charge < -0.3 is 14.9 Å². The van der Waals surface area contributed by atoms with E-state index in [1.165, 1.54) is 6.08 Å². The maximum atomic E-state index is 12.3. The van der Waals surface area contributed by atoms with Crippen LogP contribution in [0.3, 0.4) is 0 Å². The van der Waals surface area contributed by atoms with Crippen molar-refractivity contribution in [1.82, 2.24) is 4.90 Å². The molecule has 2 atom stereocenters. The van der Waals surface area contributed by atoms with Crippen molar-refractivity contribution in [3.05, 3.63) is 12.7 Å². The third-order valence-electron chi connectivity index (χ3n) is 3.28. The van der Waals surface area contributed by atoms with Crippen LogP contribution < -0.4 is 0 Å². The molecule has 6 heteroatoms. The van der Waals surface area contributed by atoms with Crippen LogP contribution in [0.2, 0.25) is 0 Å². The molecule has 1 aliphatic rings. The van der Waals surface area contributed by atoms with E-state index in [-0.39, 0.29) is 19.4 Å². The molecule has 1 fully saturated rings. The Morgan fingerprint density at radius 3 is 2.48 bits per heavy atom. The van der Waals surface area contributed by atoms with Crippen LogP contribution in [0.25, 0.3) is 0 Å². The second kappa shape index (κ2) is 5.41. The average Bonchev–Trinajstić information content (AvgIpc) is 2.63. The van der Waals surface area contributed by atoms with Crippen LogP contribution in [-0.2, 0) is 9.53 Å². The largest absolute Gasteiger partial charge is 0.479 e. The normalized spacial score (nSPS) is 28.8. The standard InChI is InChI=1S/C15H21NO5/c1-6-8-15(11(17)18)9-14(20,7-2)10-16(15)12(19)21-13(3,4)5/h2,6,20H,1,8-10H2,3-5H3,(H,17,18)/t14-,15-/m1/s1. The SMILES string of the molecule is C#C[C@]1(O)CN(C(=O)OC(C)(C)C)[C@@](CC=C)(C(=O)O)C1. The molecule has 1 amide bonds. The van der Waals surface area contributed by atoms with E-state index in [9.17, 15) is 19.8 Å². The average molecular weight is 295 g/mol. The van der Waals surface area contributed by atoms with Gasteiger partial charge in [-0.15, -0.1) is 13.0 Å². The van der Waals surface area contributed by atoms with Crippen molar-refractivity contribution >= 4 is 12.1 Å². The van der Waals surface area contributed by atoms with E-state index in [0.717, 1.165) is 4.90 Å². The topological polar surface area (TPSA) is 87.1 Å². The molecule has 0 saturated carbocycles. The van der Waals surface area contributed by atoms with E-state index < -0.39 is 28.8 Å². The highest BCUT2D eigenvalue weighted by molar-refractivity contribution is 5.86. The molecule has 1 rings (SSSR count). The Morgan fingerprint density at radius 2 is 2.10 bits per heavy atom. The number of β-amino-alcohol motifs (C(OH)–C–C–N with tert-alkyl or cyclic N) is 1. The van der Waals surface area contributed by atoms with Crippen molar-refractivity contribution in [2.24, 2.45) is 0 Å². The lowest BCUT2D eigenvalue weighted by atomic mass is 9.87. The summed E-state index contributed by atoms with van der Waals surface area (Å²) in [4.78, 5) is 25.0. The lowest BCUT2D eigenvalue weighted by Gasteiger charge is -2.34. The second-order valence-electron chi connectivity index (χ2n) is 6.25. The number of carboxylic acids is 1. The van der Waals surface area contributed by atoms with Gasteiger partial charge in [0.25, 0.3) is 0 Å². The number of nitrogens with zero attached hydrogens (tertiary/aromatic N) is 1. The summed E-state index contributed by atoms with van der Waals surface area (Å²) in [6, 6.07) is 0. The van der Waals surface area contributed by atoms with Gasteiger partial charge in [0.2, 0.25) is 0 Å². The first-order valence-corrected chi connectivity index (χ1v) is 6.55. The molecule has 0 unspecified atom stereocenters. The van der Waals surface area contributed by atoms with E-state index >= 15 is 0 Å². The molecule has 116 valence electrons. The fourth-order valence-electron chi connectivity index (χ4n) is 2.40. The maximum absolute atomic E-state index is 12.3. The van der Waals surface area contributed by atoms with E-state index in [4.69, 9.17) is 11.2 Å². The van der Waals surface area contributed by atoms with E-state index in [1.54, 1.807) is 20.8 Å². The maximum Gasteiger partial charge on any atom is 0.411 e. The number of carbonyl (C=O) groups is 2. The van der Waals surface area contributed by atoms with Gasteiger partial charge in [-0.05, 0) is 27.2 Å². The number of hydrogen-bond acceptors (Lipinski definition) is 4. The number of carbonyl (C=O) groups excluding carboxylic acids is 1. The Labute approximate surface area is 124 Å². The van der Waals surface area contributed by atoms with Crippen LogP contribution >= 0.6 is 0 Å². The highest BCUT2D eigenvalue weighted by Crippen LogP contribution is 2.39. The monoisotopic (exact) mass is 295 g/mol. The van der Waals surface area contributed by atoms with Crippen molar-refractivity contribution in [3.63, 3.8) is 0 Å². The van der Waals surface area contributed by atoms with Crippen molar-refractivity contribution in [1.29, 1.82) is 0 Å². The Balaban J connectivity index is 3.24. The summed E-state index contributed by atoms with van der Waals surface area (Å²) in [5.41, 5.74) is -4.13. The molecule has 1 aliphatic heterocycles. The molecule has 0 aliphatic carbocycles. The van der Waals surface area contributed by atoms with Crippen molar-refractivity contribution in [3.8, 4) is 12.3 Å². The van der Waals surface area contributed by atoms with Crippen LogP contribution in [0, 0.1) is 12.3 Å². The quantitative estimate of drug-likeness (QED) is 0.607. The molecule has 6 nitrogen and oxygen atoms in total. The number of ether oxygens (including phenoxy) is 1. The van der Waals surface area contributed by atoms with Gasteiger partial charge in [0.1, 0.15) is 11.2 Å². The van der Waals surface area contributed by atoms with Gasteiger partial charge in [-0.25, -0.2) is 9.59 Å². The molecule has 0 bridgehead atoms. The molecule has 1 saturated heterocycles. The smallest absolute Gasteiger partial charge is 0.411 e. The lowest BCUT2D eigenvalue weighted by molar-refractivity contribution is -0.149. The third-order valence-corrected chi connectivity index (χ3v) is 3.28. The van der Waals surface area contributed by atoms with Crippen LogP contribution in [0.15, 0.2) is 12.7 Å². The number of aliphatic carboxylic acids is 1. The van der Waals surface area contributed by atoms with Gasteiger partial charge in [0.05, 0.1) is 6.54 Å². The number of amides is 1. The summed E-state index contributed by atoms with van der Waals surface area (Å²) in [7, 11) is 0. The Bertz CT molecular complexity index is 501. The molecule has 0 spiro atoms. The first kappa shape index (κ1) is 17.1. The van der Waals surface area contributed by atoms with Gasteiger partial charge in [0, 0.05) is 6.42 Å². The summed E-state index contributed by atoms with van der Waals surface area (Å²) in [6.07, 6.45) is 5.54. The van der Waals surface area contributed by atoms with Gasteiger partial charge in [-0.2, -0.15) is 0 Å². The molecular formula is C15H21NO5. The molecule has 2 N–H and O–H groups in total. The molecule has 0 aromatic carbocycles. The Kier molecular flexibility index (Phi) is 4.40. The predicted octanol–water partition coefficient (Wildman–Crippen LogP) is 1.39. The fraction of sp³-hybridized carbons (Fsp3) is 0.600. The number of likely N-dealkylation sites (tertiary alicyclic amines) is 1. The van der Waals surface area contributed by atoms with Crippen molar-refractivity contribution in [2.75, 3.05) is 6.54 Å². The number of carboxylic acid groups (broad SMARTS) is 1. The van der Waals surface area contributed by atoms with Gasteiger partial charge >= 0.3 is 12.1 Å². The van der Waals surface area contributed by atoms with Crippen molar-refractivity contribution in [2.45, 2.75) is 50.4 Å². The predicted molar refractivity (Wildman–Crippen MR) is 76.5 cm³/mol. The minimum absolute atomic E-state index is 0.0361. The minimum Gasteiger partial charge on any atom is -0.479 e. The first-order chi connectivity index (χ1) is 9.49. The highest BCUT2D eigenvalue weighted by Gasteiger charge is 2.59. The molecule has 0 aromatic rings. The van der Waals surface area contributed by atoms with E-state index in [2.05, 4.69) is 12.5 Å². The number of terminal acetylenes is 1. The zero-order chi connectivity index (χ0) is 16.5. The minimum atomic E-state index is -1.70. The van der Waals surface area contributed by atoms with E-state index in [1.807, 2.05) is 0 Å². The fourth-order valence-corrected chi connectivity index (χ4v) is 2.40. The second-order valence-corrected chi connectivity index (χ2v) is 6.25. The molecular weight excluding hydrogens is 274 g/mol. The molecule has 1 heterocycles. The summed E-state index contributed by atoms with van der Waals surface area (Å²) in [6.45, 7) is 8.24. The van der Waals surface area contributed by atoms with Crippen LogP contribution in [0.4, 0.5) is 4.79 Å². The molecule has 0 aromatic heterocycles. The Hall–Kier alpha value is -2.00. The van der Waals surface area contributed by atoms with Crippen molar-refractivity contribution < 1.29 is 24.5 Å². The van der Waals surface area contributed by atoms with Gasteiger partial charge in [0.15, 0.2) is 5.54 Å². The Morgan fingerprint density at radius 1 is 1.52 bits per heavy atom. The van der Waals surface area contributed by atoms with Crippen LogP contribution in [0.5, 0.6) is 0 Å². The molecule has 0 radical (unpaired) electrons. The lowest BCUT2D eigenvalue weighted by Crippen LogP contribution is -2.54. The summed E-state index contributed by atoms with van der Waals surface area (Å²) in [5.74, 6) is 0.914. The summed E-state index contributed by atoms with van der Waals surface area (Å²) in [5, 5.41) is 19.8. The first-order valence-electron chi connectivity index (χ1n) is 6.55. The highest BCUT2D eigenvalue weighted by atomic mass is 16.6. The summed E-state index contributed by atoms with van der Waals surface area (Å²) >= 11 is 0. The van der Waals surface area contributed by atoms with Gasteiger partial charge in [-0.3, -0.25) is 4.90 Å². The van der Waals surface area contributed by atoms with Crippen LogP contribution in [-0.4, -0.2) is 50.5 Å². The number of aliphatic hydroxyl groups is 1. The zero-order valence-electron chi connectivity index (χ0n) is 12.5. The number of rotatable bonds is 3. The third kappa shape index (κ3) is 3.37.